The molecule has 2 aromatic carbocycles. The summed E-state index contributed by atoms with van der Waals surface area (Å²) in [6.45, 7) is 0.531. The number of aromatic nitrogens is 3. The van der Waals surface area contributed by atoms with E-state index in [2.05, 4.69) is 15.1 Å². The third-order valence-corrected chi connectivity index (χ3v) is 4.81. The Morgan fingerprint density at radius 2 is 1.89 bits per heavy atom. The number of hydrogen-bond donors (Lipinski definition) is 0. The molecule has 4 aromatic rings. The second-order valence-corrected chi connectivity index (χ2v) is 6.47. The van der Waals surface area contributed by atoms with Gasteiger partial charge in [0.2, 0.25) is 5.88 Å². The number of para-hydroxylation sites is 1. The molecule has 0 fully saturated rings. The Balaban J connectivity index is 1.42. The number of amides is 1. The normalized spacial score (nSPS) is 12.9. The molecule has 5 rings (SSSR count). The molecule has 0 spiro atoms. The summed E-state index contributed by atoms with van der Waals surface area (Å²) >= 11 is 0. The van der Waals surface area contributed by atoms with Crippen molar-refractivity contribution < 1.29 is 14.1 Å². The molecule has 0 saturated heterocycles. The first kappa shape index (κ1) is 16.4. The lowest BCUT2D eigenvalue weighted by molar-refractivity contribution is -0.120. The van der Waals surface area contributed by atoms with Crippen molar-refractivity contribution in [3.05, 3.63) is 66.5 Å². The lowest BCUT2D eigenvalue weighted by Gasteiger charge is -2.17. The summed E-state index contributed by atoms with van der Waals surface area (Å²) in [7, 11) is 0. The molecular formula is C21H16N4O3. The van der Waals surface area contributed by atoms with Gasteiger partial charge in [-0.15, -0.1) is 0 Å². The maximum absolute atomic E-state index is 12.7. The van der Waals surface area contributed by atoms with Gasteiger partial charge in [0.1, 0.15) is 17.4 Å². The predicted molar refractivity (Wildman–Crippen MR) is 103 cm³/mol. The quantitative estimate of drug-likeness (QED) is 0.547. The largest absolute Gasteiger partial charge is 0.467 e. The minimum atomic E-state index is -0.125. The molecule has 0 radical (unpaired) electrons. The van der Waals surface area contributed by atoms with Crippen LogP contribution >= 0.6 is 0 Å². The van der Waals surface area contributed by atoms with E-state index in [1.807, 2.05) is 54.6 Å². The van der Waals surface area contributed by atoms with E-state index >= 15 is 0 Å². The van der Waals surface area contributed by atoms with Crippen LogP contribution in [-0.4, -0.2) is 34.2 Å². The molecule has 7 nitrogen and oxygen atoms in total. The predicted octanol–water partition coefficient (Wildman–Crippen LogP) is 3.25. The zero-order chi connectivity index (χ0) is 18.9. The first-order chi connectivity index (χ1) is 13.8. The monoisotopic (exact) mass is 372 g/mol. The average Bonchev–Trinajstić information content (AvgIpc) is 3.37. The van der Waals surface area contributed by atoms with Crippen LogP contribution in [0.25, 0.3) is 22.4 Å². The second kappa shape index (κ2) is 6.77. The highest BCUT2D eigenvalue weighted by Crippen LogP contribution is 2.32. The maximum Gasteiger partial charge on any atom is 0.265 e. The number of ether oxygens (including phenoxy) is 1. The van der Waals surface area contributed by atoms with Gasteiger partial charge >= 0.3 is 0 Å². The van der Waals surface area contributed by atoms with Gasteiger partial charge in [0.05, 0.1) is 0 Å². The molecule has 28 heavy (non-hydrogen) atoms. The van der Waals surface area contributed by atoms with Crippen molar-refractivity contribution in [1.82, 2.24) is 15.1 Å². The summed E-state index contributed by atoms with van der Waals surface area (Å²) in [5.41, 5.74) is 3.89. The van der Waals surface area contributed by atoms with Crippen LogP contribution in [0.4, 0.5) is 5.69 Å². The number of benzene rings is 2. The van der Waals surface area contributed by atoms with Crippen LogP contribution in [0.1, 0.15) is 5.56 Å². The molecule has 0 aliphatic carbocycles. The van der Waals surface area contributed by atoms with Crippen LogP contribution in [-0.2, 0) is 11.2 Å². The zero-order valence-electron chi connectivity index (χ0n) is 14.9. The van der Waals surface area contributed by atoms with Gasteiger partial charge in [0.25, 0.3) is 11.6 Å². The average molecular weight is 372 g/mol. The van der Waals surface area contributed by atoms with Gasteiger partial charge in [0.15, 0.2) is 6.61 Å². The summed E-state index contributed by atoms with van der Waals surface area (Å²) in [5.74, 6) is 0.167. The second-order valence-electron chi connectivity index (χ2n) is 6.47. The Morgan fingerprint density at radius 3 is 2.79 bits per heavy atom. The molecule has 0 saturated carbocycles. The van der Waals surface area contributed by atoms with Gasteiger partial charge in [-0.2, -0.15) is 4.98 Å². The van der Waals surface area contributed by atoms with Gasteiger partial charge in [-0.25, -0.2) is 4.98 Å². The van der Waals surface area contributed by atoms with E-state index in [1.54, 1.807) is 4.90 Å². The van der Waals surface area contributed by atoms with Gasteiger partial charge < -0.3 is 14.2 Å². The molecule has 0 unspecified atom stereocenters. The highest BCUT2D eigenvalue weighted by atomic mass is 16.5. The van der Waals surface area contributed by atoms with E-state index in [9.17, 15) is 4.79 Å². The third-order valence-electron chi connectivity index (χ3n) is 4.81. The number of nitrogens with zero attached hydrogens (tertiary/aromatic N) is 4. The molecule has 0 N–H and O–H groups in total. The SMILES string of the molecule is O=C(COc1ncnc2onc(-c3ccccc3)c12)N1CCc2ccccc21. The summed E-state index contributed by atoms with van der Waals surface area (Å²) in [5, 5.41) is 4.67. The molecule has 138 valence electrons. The topological polar surface area (TPSA) is 81.3 Å². The van der Waals surface area contributed by atoms with Crippen molar-refractivity contribution in [2.45, 2.75) is 6.42 Å². The molecule has 1 aliphatic rings. The molecule has 0 atom stereocenters. The lowest BCUT2D eigenvalue weighted by atomic mass is 10.1. The highest BCUT2D eigenvalue weighted by molar-refractivity contribution is 5.97. The van der Waals surface area contributed by atoms with E-state index in [1.165, 1.54) is 11.9 Å². The standard InChI is InChI=1S/C21H16N4O3/c26-17(25-11-10-14-6-4-5-9-16(14)25)12-27-20-18-19(15-7-2-1-3-8-15)24-28-21(18)23-13-22-20/h1-9,13H,10-12H2. The van der Waals surface area contributed by atoms with Gasteiger partial charge in [-0.1, -0.05) is 53.7 Å². The minimum Gasteiger partial charge on any atom is -0.467 e. The number of carbonyl (C=O) groups is 1. The van der Waals surface area contributed by atoms with Crippen molar-refractivity contribution >= 4 is 22.7 Å². The molecule has 3 heterocycles. The van der Waals surface area contributed by atoms with E-state index in [-0.39, 0.29) is 18.4 Å². The maximum atomic E-state index is 12.7. The van der Waals surface area contributed by atoms with E-state index in [4.69, 9.17) is 9.26 Å². The van der Waals surface area contributed by atoms with Crippen molar-refractivity contribution in [1.29, 1.82) is 0 Å². The molecule has 0 bridgehead atoms. The fourth-order valence-electron chi connectivity index (χ4n) is 3.47. The van der Waals surface area contributed by atoms with Gasteiger partial charge in [0, 0.05) is 17.8 Å². The van der Waals surface area contributed by atoms with Crippen molar-refractivity contribution in [2.75, 3.05) is 18.1 Å². The van der Waals surface area contributed by atoms with E-state index in [0.717, 1.165) is 17.7 Å². The first-order valence-corrected chi connectivity index (χ1v) is 8.98. The van der Waals surface area contributed by atoms with Crippen LogP contribution in [0.15, 0.2) is 65.4 Å². The summed E-state index contributed by atoms with van der Waals surface area (Å²) in [6.07, 6.45) is 2.19. The first-order valence-electron chi connectivity index (χ1n) is 8.98. The van der Waals surface area contributed by atoms with Crippen LogP contribution in [0.3, 0.4) is 0 Å². The van der Waals surface area contributed by atoms with Crippen molar-refractivity contribution in [3.8, 4) is 17.1 Å². The fraction of sp³-hybridized carbons (Fsp3) is 0.143. The fourth-order valence-corrected chi connectivity index (χ4v) is 3.47. The Hall–Kier alpha value is -3.74. The van der Waals surface area contributed by atoms with Crippen LogP contribution < -0.4 is 9.64 Å². The number of hydrogen-bond acceptors (Lipinski definition) is 6. The molecule has 7 heteroatoms. The number of anilines is 1. The number of rotatable bonds is 4. The number of fused-ring (bicyclic) bond motifs is 2. The highest BCUT2D eigenvalue weighted by Gasteiger charge is 2.25. The van der Waals surface area contributed by atoms with E-state index < -0.39 is 0 Å². The van der Waals surface area contributed by atoms with Gasteiger partial charge in [-0.05, 0) is 18.1 Å². The van der Waals surface area contributed by atoms with Crippen LogP contribution in [0.2, 0.25) is 0 Å². The summed E-state index contributed by atoms with van der Waals surface area (Å²) in [6, 6.07) is 17.5. The summed E-state index contributed by atoms with van der Waals surface area (Å²) in [4.78, 5) is 22.8. The van der Waals surface area contributed by atoms with Crippen molar-refractivity contribution in [2.24, 2.45) is 0 Å². The Morgan fingerprint density at radius 1 is 1.07 bits per heavy atom. The van der Waals surface area contributed by atoms with Crippen LogP contribution in [0.5, 0.6) is 5.88 Å². The number of carbonyl (C=O) groups excluding carboxylic acids is 1. The minimum absolute atomic E-state index is 0.116. The van der Waals surface area contributed by atoms with E-state index in [0.29, 0.717) is 23.3 Å². The Kier molecular flexibility index (Phi) is 3.97. The molecule has 2 aromatic heterocycles. The Bertz CT molecular complexity index is 1160. The summed E-state index contributed by atoms with van der Waals surface area (Å²) < 4.78 is 11.1. The van der Waals surface area contributed by atoms with Gasteiger partial charge in [-0.3, -0.25) is 4.79 Å². The molecular weight excluding hydrogens is 356 g/mol. The van der Waals surface area contributed by atoms with Crippen molar-refractivity contribution in [3.63, 3.8) is 0 Å². The molecule has 1 aliphatic heterocycles. The van der Waals surface area contributed by atoms with Crippen LogP contribution in [0, 0.1) is 0 Å². The third kappa shape index (κ3) is 2.77. The molecule has 1 amide bonds. The zero-order valence-corrected chi connectivity index (χ0v) is 14.9. The Labute approximate surface area is 160 Å². The lowest BCUT2D eigenvalue weighted by Crippen LogP contribution is -2.33. The smallest absolute Gasteiger partial charge is 0.265 e.